The van der Waals surface area contributed by atoms with E-state index in [0.717, 1.165) is 17.7 Å². The van der Waals surface area contributed by atoms with E-state index in [-0.39, 0.29) is 18.7 Å². The van der Waals surface area contributed by atoms with Gasteiger partial charge in [-0.1, -0.05) is 48.3 Å². The van der Waals surface area contributed by atoms with Gasteiger partial charge in [-0.2, -0.15) is 0 Å². The number of amides is 2. The minimum atomic E-state index is -0.545. The van der Waals surface area contributed by atoms with Crippen LogP contribution in [0.4, 0.5) is 11.4 Å². The van der Waals surface area contributed by atoms with Crippen LogP contribution in [-0.4, -0.2) is 24.4 Å². The summed E-state index contributed by atoms with van der Waals surface area (Å²) in [6, 6.07) is 12.2. The third-order valence-electron chi connectivity index (χ3n) is 4.02. The molecule has 154 valence electrons. The van der Waals surface area contributed by atoms with E-state index in [4.69, 9.17) is 27.9 Å². The molecule has 0 radical (unpaired) electrons. The number of hydrogen-bond acceptors (Lipinski definition) is 4. The van der Waals surface area contributed by atoms with E-state index < -0.39 is 18.5 Å². The number of nitrogens with one attached hydrogen (secondary N) is 2. The average Bonchev–Trinajstić information content (AvgIpc) is 2.69. The Hall–Kier alpha value is -2.57. The maximum Gasteiger partial charge on any atom is 0.306 e. The van der Waals surface area contributed by atoms with Gasteiger partial charge in [0, 0.05) is 24.2 Å². The molecule has 0 atom stereocenters. The molecule has 29 heavy (non-hydrogen) atoms. The molecule has 2 amide bonds. The maximum atomic E-state index is 12.0. The molecule has 0 aliphatic heterocycles. The van der Waals surface area contributed by atoms with Crippen molar-refractivity contribution in [2.24, 2.45) is 0 Å². The van der Waals surface area contributed by atoms with E-state index in [2.05, 4.69) is 10.6 Å². The molecule has 6 nitrogen and oxygen atoms in total. The number of carbonyl (C=O) groups excluding carboxylic acids is 3. The van der Waals surface area contributed by atoms with E-state index in [1.54, 1.807) is 12.1 Å². The van der Waals surface area contributed by atoms with Crippen molar-refractivity contribution in [2.45, 2.75) is 32.6 Å². The number of halogens is 2. The Kier molecular flexibility index (Phi) is 8.96. The highest BCUT2D eigenvalue weighted by Gasteiger charge is 2.11. The monoisotopic (exact) mass is 436 g/mol. The predicted molar refractivity (Wildman–Crippen MR) is 114 cm³/mol. The molecule has 2 aromatic carbocycles. The summed E-state index contributed by atoms with van der Waals surface area (Å²) in [5, 5.41) is 6.08. The third-order valence-corrected chi connectivity index (χ3v) is 4.76. The molecular formula is C21H22Cl2N2O4. The molecule has 0 aliphatic rings. The summed E-state index contributed by atoms with van der Waals surface area (Å²) in [5.41, 5.74) is 2.28. The van der Waals surface area contributed by atoms with E-state index in [1.165, 1.54) is 6.07 Å². The molecular weight excluding hydrogens is 415 g/mol. The first-order valence-corrected chi connectivity index (χ1v) is 9.93. The van der Waals surface area contributed by atoms with Crippen molar-refractivity contribution in [1.82, 2.24) is 0 Å². The highest BCUT2D eigenvalue weighted by atomic mass is 35.5. The molecule has 2 aromatic rings. The lowest BCUT2D eigenvalue weighted by molar-refractivity contribution is -0.147. The number of benzene rings is 2. The Morgan fingerprint density at radius 3 is 2.41 bits per heavy atom. The largest absolute Gasteiger partial charge is 0.456 e. The number of hydrogen-bond donors (Lipinski definition) is 2. The zero-order chi connectivity index (χ0) is 21.2. The van der Waals surface area contributed by atoms with Crippen LogP contribution in [0.1, 0.15) is 31.7 Å². The molecule has 0 aromatic heterocycles. The lowest BCUT2D eigenvalue weighted by Crippen LogP contribution is -2.21. The van der Waals surface area contributed by atoms with Gasteiger partial charge in [0.25, 0.3) is 5.91 Å². The van der Waals surface area contributed by atoms with Gasteiger partial charge in [0.05, 0.1) is 10.0 Å². The summed E-state index contributed by atoms with van der Waals surface area (Å²) < 4.78 is 4.92. The van der Waals surface area contributed by atoms with Gasteiger partial charge in [-0.05, 0) is 42.7 Å². The number of ether oxygens (including phenoxy) is 1. The predicted octanol–water partition coefficient (Wildman–Crippen LogP) is 4.85. The van der Waals surface area contributed by atoms with E-state index in [0.29, 0.717) is 22.2 Å². The highest BCUT2D eigenvalue weighted by molar-refractivity contribution is 6.42. The average molecular weight is 437 g/mol. The lowest BCUT2D eigenvalue weighted by Gasteiger charge is -2.10. The molecule has 0 saturated heterocycles. The number of rotatable bonds is 9. The standard InChI is InChI=1S/C21H22Cl2N2O4/c1-2-14-6-3-4-7-18(14)25-19(26)8-5-9-21(28)29-13-20(27)24-15-10-11-16(22)17(23)12-15/h3-4,6-7,10-12H,2,5,8-9,13H2,1H3,(H,24,27)(H,25,26). The minimum Gasteiger partial charge on any atom is -0.456 e. The number of esters is 1. The Morgan fingerprint density at radius 2 is 1.69 bits per heavy atom. The molecule has 0 bridgehead atoms. The fourth-order valence-electron chi connectivity index (χ4n) is 2.55. The van der Waals surface area contributed by atoms with Gasteiger partial charge in [0.1, 0.15) is 0 Å². The van der Waals surface area contributed by atoms with Crippen LogP contribution in [0.3, 0.4) is 0 Å². The molecule has 2 rings (SSSR count). The molecule has 2 N–H and O–H groups in total. The Balaban J connectivity index is 1.66. The Labute approximate surface area is 179 Å². The molecule has 0 unspecified atom stereocenters. The van der Waals surface area contributed by atoms with Crippen LogP contribution in [0.25, 0.3) is 0 Å². The lowest BCUT2D eigenvalue weighted by atomic mass is 10.1. The first-order chi connectivity index (χ1) is 13.9. The number of para-hydroxylation sites is 1. The highest BCUT2D eigenvalue weighted by Crippen LogP contribution is 2.24. The third kappa shape index (κ3) is 7.75. The molecule has 0 aliphatic carbocycles. The second-order valence-electron chi connectivity index (χ2n) is 6.25. The van der Waals surface area contributed by atoms with E-state index >= 15 is 0 Å². The van der Waals surface area contributed by atoms with Gasteiger partial charge >= 0.3 is 5.97 Å². The van der Waals surface area contributed by atoms with E-state index in [1.807, 2.05) is 31.2 Å². The minimum absolute atomic E-state index is 0.0445. The van der Waals surface area contributed by atoms with Crippen molar-refractivity contribution in [3.05, 3.63) is 58.1 Å². The fraction of sp³-hybridized carbons (Fsp3) is 0.286. The second kappa shape index (κ2) is 11.4. The summed E-state index contributed by atoms with van der Waals surface area (Å²) >= 11 is 11.7. The molecule has 0 spiro atoms. The summed E-state index contributed by atoms with van der Waals surface area (Å²) in [5.74, 6) is -1.21. The van der Waals surface area contributed by atoms with Crippen LogP contribution in [0.2, 0.25) is 10.0 Å². The van der Waals surface area contributed by atoms with Crippen molar-refractivity contribution in [3.63, 3.8) is 0 Å². The first-order valence-electron chi connectivity index (χ1n) is 9.17. The summed E-state index contributed by atoms with van der Waals surface area (Å²) in [6.07, 6.45) is 1.37. The van der Waals surface area contributed by atoms with Crippen molar-refractivity contribution in [1.29, 1.82) is 0 Å². The zero-order valence-corrected chi connectivity index (χ0v) is 17.5. The number of carbonyl (C=O) groups is 3. The summed E-state index contributed by atoms with van der Waals surface area (Å²) in [6.45, 7) is 1.59. The summed E-state index contributed by atoms with van der Waals surface area (Å²) in [4.78, 5) is 35.6. The topological polar surface area (TPSA) is 84.5 Å². The quantitative estimate of drug-likeness (QED) is 0.550. The molecule has 0 saturated carbocycles. The fourth-order valence-corrected chi connectivity index (χ4v) is 2.84. The van der Waals surface area contributed by atoms with Crippen LogP contribution in [0.15, 0.2) is 42.5 Å². The van der Waals surface area contributed by atoms with Gasteiger partial charge in [0.15, 0.2) is 6.61 Å². The van der Waals surface area contributed by atoms with E-state index in [9.17, 15) is 14.4 Å². The maximum absolute atomic E-state index is 12.0. The first kappa shape index (κ1) is 22.7. The van der Waals surface area contributed by atoms with Crippen molar-refractivity contribution < 1.29 is 19.1 Å². The number of aryl methyl sites for hydroxylation is 1. The second-order valence-corrected chi connectivity index (χ2v) is 7.06. The van der Waals surface area contributed by atoms with Crippen LogP contribution < -0.4 is 10.6 Å². The van der Waals surface area contributed by atoms with Gasteiger partial charge in [0.2, 0.25) is 5.91 Å². The molecule has 8 heteroatoms. The zero-order valence-electron chi connectivity index (χ0n) is 16.0. The van der Waals surface area contributed by atoms with Crippen LogP contribution in [-0.2, 0) is 25.5 Å². The normalized spacial score (nSPS) is 10.3. The van der Waals surface area contributed by atoms with Crippen LogP contribution in [0, 0.1) is 0 Å². The van der Waals surface area contributed by atoms with Crippen molar-refractivity contribution >= 4 is 52.4 Å². The van der Waals surface area contributed by atoms with Crippen molar-refractivity contribution in [3.8, 4) is 0 Å². The number of anilines is 2. The van der Waals surface area contributed by atoms with Crippen LogP contribution in [0.5, 0.6) is 0 Å². The Morgan fingerprint density at radius 1 is 0.931 bits per heavy atom. The SMILES string of the molecule is CCc1ccccc1NC(=O)CCCC(=O)OCC(=O)Nc1ccc(Cl)c(Cl)c1. The van der Waals surface area contributed by atoms with Crippen LogP contribution >= 0.6 is 23.2 Å². The van der Waals surface area contributed by atoms with Gasteiger partial charge in [-0.15, -0.1) is 0 Å². The van der Waals surface area contributed by atoms with Gasteiger partial charge < -0.3 is 15.4 Å². The molecule has 0 heterocycles. The Bertz CT molecular complexity index is 887. The van der Waals surface area contributed by atoms with Gasteiger partial charge in [-0.3, -0.25) is 14.4 Å². The summed E-state index contributed by atoms with van der Waals surface area (Å²) in [7, 11) is 0. The van der Waals surface area contributed by atoms with Gasteiger partial charge in [-0.25, -0.2) is 0 Å². The van der Waals surface area contributed by atoms with Crippen molar-refractivity contribution in [2.75, 3.05) is 17.2 Å². The smallest absolute Gasteiger partial charge is 0.306 e. The molecule has 0 fully saturated rings.